The second-order valence-electron chi connectivity index (χ2n) is 7.54. The Hall–Kier alpha value is -1.83. The summed E-state index contributed by atoms with van der Waals surface area (Å²) >= 11 is 0. The molecule has 0 aromatic carbocycles. The van der Waals surface area contributed by atoms with Crippen molar-refractivity contribution in [1.82, 2.24) is 24.6 Å². The van der Waals surface area contributed by atoms with E-state index >= 15 is 0 Å². The van der Waals surface area contributed by atoms with Gasteiger partial charge in [0.15, 0.2) is 0 Å². The van der Waals surface area contributed by atoms with Crippen LogP contribution in [0.3, 0.4) is 0 Å². The normalized spacial score (nSPS) is 16.3. The molecule has 1 N–H and O–H groups in total. The number of ether oxygens (including phenoxy) is 1. The van der Waals surface area contributed by atoms with Crippen molar-refractivity contribution in [3.05, 3.63) is 16.3 Å². The molecule has 2 amide bonds. The predicted molar refractivity (Wildman–Crippen MR) is 95.9 cm³/mol. The molecule has 1 saturated heterocycles. The monoisotopic (exact) mass is 353 g/mol. The number of urea groups is 1. The molecular weight excluding hydrogens is 322 g/mol. The molecule has 8 heteroatoms. The van der Waals surface area contributed by atoms with Crippen LogP contribution in [-0.2, 0) is 17.8 Å². The summed E-state index contributed by atoms with van der Waals surface area (Å²) in [5, 5.41) is 7.54. The van der Waals surface area contributed by atoms with Gasteiger partial charge in [0, 0.05) is 38.2 Å². The van der Waals surface area contributed by atoms with Gasteiger partial charge in [-0.05, 0) is 40.5 Å². The zero-order valence-corrected chi connectivity index (χ0v) is 16.0. The second kappa shape index (κ2) is 8.03. The summed E-state index contributed by atoms with van der Waals surface area (Å²) in [7, 11) is 1.61. The zero-order chi connectivity index (χ0) is 18.6. The van der Waals surface area contributed by atoms with E-state index in [-0.39, 0.29) is 23.2 Å². The molecule has 1 aliphatic heterocycles. The van der Waals surface area contributed by atoms with E-state index in [2.05, 4.69) is 10.4 Å². The van der Waals surface area contributed by atoms with E-state index in [9.17, 15) is 9.59 Å². The third kappa shape index (κ3) is 4.84. The fourth-order valence-electron chi connectivity index (χ4n) is 3.12. The number of nitrogens with zero attached hydrogens (tertiary/aromatic N) is 4. The molecule has 1 aliphatic rings. The SMILES string of the molecule is CCn1c(C2CCN(C(=O)NC(C)(C)C)CC2)nn(CCOC)c1=O. The first-order valence-corrected chi connectivity index (χ1v) is 9.00. The molecule has 142 valence electrons. The van der Waals surface area contributed by atoms with E-state index in [4.69, 9.17) is 4.74 Å². The van der Waals surface area contributed by atoms with Gasteiger partial charge in [-0.1, -0.05) is 0 Å². The Morgan fingerprint density at radius 2 is 1.96 bits per heavy atom. The topological polar surface area (TPSA) is 81.4 Å². The highest BCUT2D eigenvalue weighted by atomic mass is 16.5. The Kier molecular flexibility index (Phi) is 6.26. The van der Waals surface area contributed by atoms with Gasteiger partial charge in [0.05, 0.1) is 13.2 Å². The number of methoxy groups -OCH3 is 1. The van der Waals surface area contributed by atoms with Crippen LogP contribution in [-0.4, -0.2) is 57.6 Å². The average molecular weight is 353 g/mol. The minimum Gasteiger partial charge on any atom is -0.383 e. The molecule has 0 atom stereocenters. The second-order valence-corrected chi connectivity index (χ2v) is 7.54. The molecule has 25 heavy (non-hydrogen) atoms. The van der Waals surface area contributed by atoms with Gasteiger partial charge in [-0.15, -0.1) is 0 Å². The summed E-state index contributed by atoms with van der Waals surface area (Å²) in [5.41, 5.74) is -0.320. The van der Waals surface area contributed by atoms with E-state index in [1.807, 2.05) is 32.6 Å². The first kappa shape index (κ1) is 19.5. The Balaban J connectivity index is 2.05. The van der Waals surface area contributed by atoms with Crippen molar-refractivity contribution in [3.8, 4) is 0 Å². The summed E-state index contributed by atoms with van der Waals surface area (Å²) < 4.78 is 8.28. The number of likely N-dealkylation sites (tertiary alicyclic amines) is 1. The summed E-state index contributed by atoms with van der Waals surface area (Å²) in [6.45, 7) is 10.8. The molecular formula is C17H31N5O3. The van der Waals surface area contributed by atoms with Gasteiger partial charge < -0.3 is 15.0 Å². The number of nitrogens with one attached hydrogen (secondary N) is 1. The Labute approximate surface area is 149 Å². The van der Waals surface area contributed by atoms with Gasteiger partial charge in [0.25, 0.3) is 0 Å². The fourth-order valence-corrected chi connectivity index (χ4v) is 3.12. The van der Waals surface area contributed by atoms with Crippen molar-refractivity contribution in [1.29, 1.82) is 0 Å². The highest BCUT2D eigenvalue weighted by molar-refractivity contribution is 5.75. The van der Waals surface area contributed by atoms with Crippen molar-refractivity contribution in [3.63, 3.8) is 0 Å². The lowest BCUT2D eigenvalue weighted by Crippen LogP contribution is -2.50. The van der Waals surface area contributed by atoms with Crippen LogP contribution in [0.5, 0.6) is 0 Å². The van der Waals surface area contributed by atoms with E-state index < -0.39 is 0 Å². The van der Waals surface area contributed by atoms with Crippen LogP contribution in [0.25, 0.3) is 0 Å². The zero-order valence-electron chi connectivity index (χ0n) is 16.0. The molecule has 0 radical (unpaired) electrons. The number of aromatic nitrogens is 3. The largest absolute Gasteiger partial charge is 0.383 e. The molecule has 0 spiro atoms. The van der Waals surface area contributed by atoms with Gasteiger partial charge in [0.1, 0.15) is 5.82 Å². The van der Waals surface area contributed by atoms with E-state index in [1.54, 1.807) is 11.7 Å². The summed E-state index contributed by atoms with van der Waals surface area (Å²) in [5.74, 6) is 1.04. The lowest BCUT2D eigenvalue weighted by atomic mass is 9.96. The van der Waals surface area contributed by atoms with Crippen LogP contribution in [0.4, 0.5) is 4.79 Å². The van der Waals surface area contributed by atoms with Gasteiger partial charge in [-0.2, -0.15) is 5.10 Å². The van der Waals surface area contributed by atoms with Crippen molar-refractivity contribution < 1.29 is 9.53 Å². The van der Waals surface area contributed by atoms with Crippen LogP contribution < -0.4 is 11.0 Å². The molecule has 1 aromatic rings. The quantitative estimate of drug-likeness (QED) is 0.867. The lowest BCUT2D eigenvalue weighted by Gasteiger charge is -2.34. The number of carbonyl (C=O) groups excluding carboxylic acids is 1. The molecule has 2 heterocycles. The van der Waals surface area contributed by atoms with E-state index in [0.717, 1.165) is 18.7 Å². The maximum absolute atomic E-state index is 12.4. The molecule has 8 nitrogen and oxygen atoms in total. The third-order valence-electron chi connectivity index (χ3n) is 4.40. The van der Waals surface area contributed by atoms with Gasteiger partial charge in [-0.3, -0.25) is 4.57 Å². The minimum atomic E-state index is -0.239. The van der Waals surface area contributed by atoms with Crippen LogP contribution in [0.2, 0.25) is 0 Å². The first-order valence-electron chi connectivity index (χ1n) is 9.00. The Morgan fingerprint density at radius 3 is 2.48 bits per heavy atom. The van der Waals surface area contributed by atoms with E-state index in [0.29, 0.717) is 32.8 Å². The van der Waals surface area contributed by atoms with Gasteiger partial charge in [0.2, 0.25) is 0 Å². The summed E-state index contributed by atoms with van der Waals surface area (Å²) in [6, 6.07) is -0.0237. The van der Waals surface area contributed by atoms with Crippen molar-refractivity contribution in [2.24, 2.45) is 0 Å². The van der Waals surface area contributed by atoms with Gasteiger partial charge in [-0.25, -0.2) is 14.3 Å². The number of hydrogen-bond acceptors (Lipinski definition) is 4. The molecule has 1 aromatic heterocycles. The number of amides is 2. The predicted octanol–water partition coefficient (Wildman–Crippen LogP) is 1.40. The standard InChI is InChI=1S/C17H31N5O3/c1-6-21-14(19-22(16(21)24)11-12-25-5)13-7-9-20(10-8-13)15(23)18-17(2,3)4/h13H,6-12H2,1-5H3,(H,18,23). The lowest BCUT2D eigenvalue weighted by molar-refractivity contribution is 0.171. The molecule has 0 aliphatic carbocycles. The fraction of sp³-hybridized carbons (Fsp3) is 0.824. The van der Waals surface area contributed by atoms with Crippen molar-refractivity contribution in [2.45, 2.75) is 65.1 Å². The van der Waals surface area contributed by atoms with Crippen molar-refractivity contribution in [2.75, 3.05) is 26.8 Å². The third-order valence-corrected chi connectivity index (χ3v) is 4.40. The highest BCUT2D eigenvalue weighted by Gasteiger charge is 2.29. The van der Waals surface area contributed by atoms with Crippen LogP contribution in [0.1, 0.15) is 52.3 Å². The Bertz CT molecular complexity index is 636. The maximum atomic E-state index is 12.4. The Morgan fingerprint density at radius 1 is 1.32 bits per heavy atom. The molecule has 0 unspecified atom stereocenters. The molecule has 2 rings (SSSR count). The van der Waals surface area contributed by atoms with Crippen LogP contribution >= 0.6 is 0 Å². The summed E-state index contributed by atoms with van der Waals surface area (Å²) in [6.07, 6.45) is 1.64. The van der Waals surface area contributed by atoms with Gasteiger partial charge >= 0.3 is 11.7 Å². The van der Waals surface area contributed by atoms with E-state index in [1.165, 1.54) is 4.68 Å². The summed E-state index contributed by atoms with van der Waals surface area (Å²) in [4.78, 5) is 26.6. The minimum absolute atomic E-state index is 0.0237. The number of piperidine rings is 1. The number of rotatable bonds is 5. The first-order chi connectivity index (χ1) is 11.8. The van der Waals surface area contributed by atoms with Crippen LogP contribution in [0.15, 0.2) is 4.79 Å². The van der Waals surface area contributed by atoms with Crippen molar-refractivity contribution >= 4 is 6.03 Å². The smallest absolute Gasteiger partial charge is 0.345 e. The number of carbonyl (C=O) groups is 1. The highest BCUT2D eigenvalue weighted by Crippen LogP contribution is 2.26. The number of hydrogen-bond donors (Lipinski definition) is 1. The maximum Gasteiger partial charge on any atom is 0.345 e. The molecule has 1 fully saturated rings. The van der Waals surface area contributed by atoms with Crippen LogP contribution in [0, 0.1) is 0 Å². The molecule has 0 saturated carbocycles. The average Bonchev–Trinajstić information content (AvgIpc) is 2.87. The molecule has 0 bridgehead atoms.